The maximum absolute atomic E-state index is 10.9. The Morgan fingerprint density at radius 1 is 1.06 bits per heavy atom. The third kappa shape index (κ3) is 2.96. The van der Waals surface area contributed by atoms with E-state index in [1.54, 1.807) is 12.4 Å². The molecule has 1 N–H and O–H groups in total. The van der Waals surface area contributed by atoms with Crippen LogP contribution >= 0.6 is 0 Å². The first kappa shape index (κ1) is 12.8. The van der Waals surface area contributed by atoms with Crippen LogP contribution in [0.2, 0.25) is 0 Å². The number of hydrogen-bond donors (Lipinski definition) is 1. The lowest BCUT2D eigenvalue weighted by atomic mass is 9.84. The van der Waals surface area contributed by atoms with Crippen molar-refractivity contribution in [2.45, 2.75) is 31.8 Å². The van der Waals surface area contributed by atoms with Gasteiger partial charge in [0.15, 0.2) is 0 Å². The number of rotatable bonds is 5. The normalized spacial score (nSPS) is 14.1. The van der Waals surface area contributed by atoms with Crippen LogP contribution in [-0.4, -0.2) is 10.1 Å². The predicted molar refractivity (Wildman–Crippen MR) is 73.2 cm³/mol. The Balaban J connectivity index is 2.27. The molecule has 2 nitrogen and oxygen atoms in total. The summed E-state index contributed by atoms with van der Waals surface area (Å²) in [5.74, 6) is 0. The highest BCUT2D eigenvalue weighted by atomic mass is 16.3. The van der Waals surface area contributed by atoms with Crippen molar-refractivity contribution in [2.24, 2.45) is 0 Å². The summed E-state index contributed by atoms with van der Waals surface area (Å²) < 4.78 is 0. The Kier molecular flexibility index (Phi) is 4.11. The topological polar surface area (TPSA) is 33.1 Å². The van der Waals surface area contributed by atoms with Crippen LogP contribution in [0, 0.1) is 0 Å². The first-order valence-corrected chi connectivity index (χ1v) is 6.41. The Morgan fingerprint density at radius 3 is 2.33 bits per heavy atom. The Morgan fingerprint density at radius 2 is 1.72 bits per heavy atom. The summed E-state index contributed by atoms with van der Waals surface area (Å²) in [7, 11) is 0. The van der Waals surface area contributed by atoms with Crippen LogP contribution in [0.5, 0.6) is 0 Å². The molecule has 1 unspecified atom stereocenters. The molecule has 1 atom stereocenters. The zero-order valence-electron chi connectivity index (χ0n) is 10.7. The van der Waals surface area contributed by atoms with Gasteiger partial charge in [0.1, 0.15) is 0 Å². The molecule has 0 aliphatic heterocycles. The van der Waals surface area contributed by atoms with E-state index in [2.05, 4.69) is 11.9 Å². The van der Waals surface area contributed by atoms with Crippen LogP contribution in [0.3, 0.4) is 0 Å². The van der Waals surface area contributed by atoms with Crippen molar-refractivity contribution < 1.29 is 5.11 Å². The lowest BCUT2D eigenvalue weighted by Crippen LogP contribution is -2.28. The monoisotopic (exact) mass is 241 g/mol. The standard InChI is InChI=1S/C16H19NO/c1-2-10-16(18,15-6-4-3-5-7-15)13-14-8-11-17-12-9-14/h3-9,11-12,18H,2,10,13H2,1H3. The molecular weight excluding hydrogens is 222 g/mol. The molecule has 0 bridgehead atoms. The molecular formula is C16H19NO. The van der Waals surface area contributed by atoms with E-state index >= 15 is 0 Å². The van der Waals surface area contributed by atoms with Crippen molar-refractivity contribution in [1.29, 1.82) is 0 Å². The fraction of sp³-hybridized carbons (Fsp3) is 0.312. The van der Waals surface area contributed by atoms with E-state index in [0.717, 1.165) is 24.0 Å². The number of pyridine rings is 1. The van der Waals surface area contributed by atoms with Crippen molar-refractivity contribution in [2.75, 3.05) is 0 Å². The molecule has 0 spiro atoms. The van der Waals surface area contributed by atoms with E-state index in [1.165, 1.54) is 0 Å². The van der Waals surface area contributed by atoms with Gasteiger partial charge in [0.2, 0.25) is 0 Å². The zero-order chi connectivity index (χ0) is 12.8. The second-order valence-electron chi connectivity index (χ2n) is 4.68. The van der Waals surface area contributed by atoms with Gasteiger partial charge in [-0.3, -0.25) is 4.98 Å². The van der Waals surface area contributed by atoms with Gasteiger partial charge >= 0.3 is 0 Å². The first-order valence-electron chi connectivity index (χ1n) is 6.41. The second kappa shape index (κ2) is 5.78. The third-order valence-corrected chi connectivity index (χ3v) is 3.22. The molecule has 2 heteroatoms. The molecule has 0 saturated carbocycles. The van der Waals surface area contributed by atoms with E-state index in [0.29, 0.717) is 6.42 Å². The molecule has 2 aromatic rings. The minimum atomic E-state index is -0.780. The first-order chi connectivity index (χ1) is 8.74. The highest BCUT2D eigenvalue weighted by Gasteiger charge is 2.28. The van der Waals surface area contributed by atoms with Crippen molar-refractivity contribution in [3.8, 4) is 0 Å². The quantitative estimate of drug-likeness (QED) is 0.871. The van der Waals surface area contributed by atoms with Crippen LogP contribution in [0.25, 0.3) is 0 Å². The molecule has 0 amide bonds. The molecule has 0 aliphatic carbocycles. The SMILES string of the molecule is CCCC(O)(Cc1ccncc1)c1ccccc1. The lowest BCUT2D eigenvalue weighted by Gasteiger charge is -2.28. The summed E-state index contributed by atoms with van der Waals surface area (Å²) in [5, 5.41) is 10.9. The van der Waals surface area contributed by atoms with Gasteiger partial charge < -0.3 is 5.11 Å². The molecule has 1 aromatic carbocycles. The van der Waals surface area contributed by atoms with Crippen LogP contribution in [-0.2, 0) is 12.0 Å². The summed E-state index contributed by atoms with van der Waals surface area (Å²) in [5.41, 5.74) is 1.32. The molecule has 18 heavy (non-hydrogen) atoms. The van der Waals surface area contributed by atoms with Gasteiger partial charge in [-0.2, -0.15) is 0 Å². The Labute approximate surface area is 108 Å². The van der Waals surface area contributed by atoms with Crippen molar-refractivity contribution in [3.63, 3.8) is 0 Å². The third-order valence-electron chi connectivity index (χ3n) is 3.22. The predicted octanol–water partition coefficient (Wildman–Crippen LogP) is 3.31. The number of benzene rings is 1. The molecule has 2 rings (SSSR count). The average Bonchev–Trinajstić information content (AvgIpc) is 2.41. The van der Waals surface area contributed by atoms with Gasteiger partial charge in [-0.25, -0.2) is 0 Å². The van der Waals surface area contributed by atoms with E-state index in [-0.39, 0.29) is 0 Å². The number of aliphatic hydroxyl groups is 1. The molecule has 0 fully saturated rings. The van der Waals surface area contributed by atoms with Crippen molar-refractivity contribution in [3.05, 3.63) is 66.0 Å². The largest absolute Gasteiger partial charge is 0.385 e. The molecule has 0 saturated heterocycles. The van der Waals surface area contributed by atoms with Crippen LogP contribution in [0.15, 0.2) is 54.9 Å². The fourth-order valence-corrected chi connectivity index (χ4v) is 2.34. The smallest absolute Gasteiger partial charge is 0.0936 e. The van der Waals surface area contributed by atoms with Gasteiger partial charge in [-0.1, -0.05) is 43.7 Å². The summed E-state index contributed by atoms with van der Waals surface area (Å²) in [6, 6.07) is 13.8. The Hall–Kier alpha value is -1.67. The van der Waals surface area contributed by atoms with Crippen molar-refractivity contribution >= 4 is 0 Å². The zero-order valence-corrected chi connectivity index (χ0v) is 10.7. The fourth-order valence-electron chi connectivity index (χ4n) is 2.34. The van der Waals surface area contributed by atoms with Crippen LogP contribution in [0.1, 0.15) is 30.9 Å². The molecule has 94 valence electrons. The molecule has 1 heterocycles. The highest BCUT2D eigenvalue weighted by molar-refractivity contribution is 5.26. The van der Waals surface area contributed by atoms with E-state index in [1.807, 2.05) is 42.5 Å². The maximum atomic E-state index is 10.9. The summed E-state index contributed by atoms with van der Waals surface area (Å²) in [4.78, 5) is 4.01. The number of aromatic nitrogens is 1. The van der Waals surface area contributed by atoms with Crippen LogP contribution < -0.4 is 0 Å². The minimum Gasteiger partial charge on any atom is -0.385 e. The molecule has 0 radical (unpaired) electrons. The molecule has 0 aliphatic rings. The van der Waals surface area contributed by atoms with Gasteiger partial charge in [0.25, 0.3) is 0 Å². The Bertz CT molecular complexity index is 469. The maximum Gasteiger partial charge on any atom is 0.0936 e. The van der Waals surface area contributed by atoms with Gasteiger partial charge in [-0.15, -0.1) is 0 Å². The van der Waals surface area contributed by atoms with Gasteiger partial charge in [0.05, 0.1) is 5.60 Å². The highest BCUT2D eigenvalue weighted by Crippen LogP contribution is 2.30. The van der Waals surface area contributed by atoms with Crippen LogP contribution in [0.4, 0.5) is 0 Å². The second-order valence-corrected chi connectivity index (χ2v) is 4.68. The number of hydrogen-bond acceptors (Lipinski definition) is 2. The van der Waals surface area contributed by atoms with Gasteiger partial charge in [-0.05, 0) is 29.7 Å². The van der Waals surface area contributed by atoms with Gasteiger partial charge in [0, 0.05) is 18.8 Å². The minimum absolute atomic E-state index is 0.632. The average molecular weight is 241 g/mol. The molecule has 1 aromatic heterocycles. The summed E-state index contributed by atoms with van der Waals surface area (Å²) >= 11 is 0. The van der Waals surface area contributed by atoms with E-state index in [4.69, 9.17) is 0 Å². The lowest BCUT2D eigenvalue weighted by molar-refractivity contribution is 0.0269. The number of nitrogens with zero attached hydrogens (tertiary/aromatic N) is 1. The van der Waals surface area contributed by atoms with E-state index in [9.17, 15) is 5.11 Å². The summed E-state index contributed by atoms with van der Waals surface area (Å²) in [6.07, 6.45) is 5.89. The van der Waals surface area contributed by atoms with E-state index < -0.39 is 5.60 Å². The van der Waals surface area contributed by atoms with Crippen molar-refractivity contribution in [1.82, 2.24) is 4.98 Å². The summed E-state index contributed by atoms with van der Waals surface area (Å²) in [6.45, 7) is 2.10.